The summed E-state index contributed by atoms with van der Waals surface area (Å²) in [7, 11) is 0. The molecule has 2 aromatic rings. The smallest absolute Gasteiger partial charge is 0.307 e. The van der Waals surface area contributed by atoms with Crippen LogP contribution in [0.25, 0.3) is 0 Å². The second-order valence-electron chi connectivity index (χ2n) is 4.39. The Morgan fingerprint density at radius 2 is 2.19 bits per heavy atom. The Morgan fingerprint density at radius 1 is 1.43 bits per heavy atom. The molecule has 0 spiro atoms. The van der Waals surface area contributed by atoms with Gasteiger partial charge >= 0.3 is 5.97 Å². The van der Waals surface area contributed by atoms with Crippen LogP contribution in [0.15, 0.2) is 36.5 Å². The standard InChI is InChI=1S/C14H12N2O5/c1-9-5-11(16(19)20)8-15-14(9)21-12-4-2-3-10(6-12)7-13(17)18/h2-6,8H,7H2,1H3,(H,17,18). The average molecular weight is 288 g/mol. The molecule has 0 fully saturated rings. The monoisotopic (exact) mass is 288 g/mol. The quantitative estimate of drug-likeness (QED) is 0.670. The van der Waals surface area contributed by atoms with Crippen LogP contribution in [0.4, 0.5) is 5.69 Å². The Hall–Kier alpha value is -2.96. The molecule has 7 nitrogen and oxygen atoms in total. The topological polar surface area (TPSA) is 103 Å². The van der Waals surface area contributed by atoms with Gasteiger partial charge in [-0.05, 0) is 24.6 Å². The number of pyridine rings is 1. The van der Waals surface area contributed by atoms with Crippen LogP contribution in [-0.4, -0.2) is 21.0 Å². The molecule has 0 aliphatic carbocycles. The first-order chi connectivity index (χ1) is 9.95. The van der Waals surface area contributed by atoms with Gasteiger partial charge in [-0.3, -0.25) is 14.9 Å². The summed E-state index contributed by atoms with van der Waals surface area (Å²) in [4.78, 5) is 24.7. The van der Waals surface area contributed by atoms with Crippen molar-refractivity contribution >= 4 is 11.7 Å². The van der Waals surface area contributed by atoms with E-state index in [0.717, 1.165) is 6.20 Å². The summed E-state index contributed by atoms with van der Waals surface area (Å²) in [6.45, 7) is 1.65. The third kappa shape index (κ3) is 3.75. The SMILES string of the molecule is Cc1cc([N+](=O)[O-])cnc1Oc1cccc(CC(=O)O)c1. The van der Waals surface area contributed by atoms with Gasteiger partial charge in [0.25, 0.3) is 5.69 Å². The van der Waals surface area contributed by atoms with Gasteiger partial charge in [-0.1, -0.05) is 12.1 Å². The molecule has 1 aromatic carbocycles. The van der Waals surface area contributed by atoms with E-state index in [1.54, 1.807) is 31.2 Å². The maximum atomic E-state index is 10.7. The van der Waals surface area contributed by atoms with Crippen molar-refractivity contribution in [1.82, 2.24) is 4.98 Å². The van der Waals surface area contributed by atoms with E-state index in [2.05, 4.69) is 4.98 Å². The first kappa shape index (κ1) is 14.4. The van der Waals surface area contributed by atoms with Crippen molar-refractivity contribution in [2.45, 2.75) is 13.3 Å². The molecule has 0 atom stereocenters. The van der Waals surface area contributed by atoms with Crippen LogP contribution < -0.4 is 4.74 Å². The molecule has 1 N–H and O–H groups in total. The summed E-state index contributed by atoms with van der Waals surface area (Å²) in [5.41, 5.74) is 1.01. The van der Waals surface area contributed by atoms with Crippen molar-refractivity contribution in [2.75, 3.05) is 0 Å². The number of carboxylic acid groups (broad SMARTS) is 1. The number of benzene rings is 1. The first-order valence-electron chi connectivity index (χ1n) is 6.05. The van der Waals surface area contributed by atoms with Crippen LogP contribution in [-0.2, 0) is 11.2 Å². The Labute approximate surface area is 120 Å². The number of carbonyl (C=O) groups is 1. The molecule has 0 unspecified atom stereocenters. The van der Waals surface area contributed by atoms with Gasteiger partial charge in [0, 0.05) is 11.6 Å². The number of aliphatic carboxylic acids is 1. The maximum absolute atomic E-state index is 10.7. The van der Waals surface area contributed by atoms with Gasteiger partial charge in [0.05, 0.1) is 11.3 Å². The van der Waals surface area contributed by atoms with Crippen molar-refractivity contribution in [3.05, 3.63) is 57.8 Å². The van der Waals surface area contributed by atoms with Gasteiger partial charge in [0.1, 0.15) is 11.9 Å². The predicted octanol–water partition coefficient (Wildman–Crippen LogP) is 2.72. The molecule has 2 rings (SSSR count). The number of hydrogen-bond acceptors (Lipinski definition) is 5. The summed E-state index contributed by atoms with van der Waals surface area (Å²) in [5, 5.41) is 19.4. The number of aromatic nitrogens is 1. The summed E-state index contributed by atoms with van der Waals surface area (Å²) >= 11 is 0. The van der Waals surface area contributed by atoms with Crippen LogP contribution in [0.3, 0.4) is 0 Å². The third-order valence-electron chi connectivity index (χ3n) is 2.69. The molecule has 7 heteroatoms. The van der Waals surface area contributed by atoms with E-state index in [0.29, 0.717) is 16.9 Å². The Morgan fingerprint density at radius 3 is 2.81 bits per heavy atom. The van der Waals surface area contributed by atoms with E-state index in [1.807, 2.05) is 0 Å². The maximum Gasteiger partial charge on any atom is 0.307 e. The summed E-state index contributed by atoms with van der Waals surface area (Å²) < 4.78 is 5.54. The Kier molecular flexibility index (Phi) is 4.13. The van der Waals surface area contributed by atoms with Gasteiger partial charge in [-0.2, -0.15) is 0 Å². The van der Waals surface area contributed by atoms with E-state index < -0.39 is 10.9 Å². The highest BCUT2D eigenvalue weighted by atomic mass is 16.6. The Bertz CT molecular complexity index is 700. The van der Waals surface area contributed by atoms with E-state index in [4.69, 9.17) is 9.84 Å². The molecule has 0 amide bonds. The van der Waals surface area contributed by atoms with Crippen LogP contribution >= 0.6 is 0 Å². The highest BCUT2D eigenvalue weighted by molar-refractivity contribution is 5.70. The van der Waals surface area contributed by atoms with Gasteiger partial charge in [0.2, 0.25) is 5.88 Å². The number of ether oxygens (including phenoxy) is 1. The fourth-order valence-electron chi connectivity index (χ4n) is 1.76. The zero-order valence-electron chi connectivity index (χ0n) is 11.1. The molecule has 1 heterocycles. The van der Waals surface area contributed by atoms with Crippen LogP contribution in [0.2, 0.25) is 0 Å². The van der Waals surface area contributed by atoms with Crippen LogP contribution in [0.5, 0.6) is 11.6 Å². The second-order valence-corrected chi connectivity index (χ2v) is 4.39. The minimum atomic E-state index is -0.934. The van der Waals surface area contributed by atoms with Crippen LogP contribution in [0.1, 0.15) is 11.1 Å². The molecular formula is C14H12N2O5. The summed E-state index contributed by atoms with van der Waals surface area (Å²) in [5.74, 6) is -0.261. The molecule has 108 valence electrons. The lowest BCUT2D eigenvalue weighted by Gasteiger charge is -2.08. The molecule has 0 bridgehead atoms. The first-order valence-corrected chi connectivity index (χ1v) is 6.05. The highest BCUT2D eigenvalue weighted by Gasteiger charge is 2.11. The van der Waals surface area contributed by atoms with E-state index in [9.17, 15) is 14.9 Å². The molecule has 0 aliphatic heterocycles. The molecule has 0 saturated heterocycles. The highest BCUT2D eigenvalue weighted by Crippen LogP contribution is 2.26. The lowest BCUT2D eigenvalue weighted by molar-refractivity contribution is -0.385. The van der Waals surface area contributed by atoms with Gasteiger partial charge in [-0.15, -0.1) is 0 Å². The van der Waals surface area contributed by atoms with Gasteiger partial charge in [0.15, 0.2) is 0 Å². The molecule has 1 aromatic heterocycles. The molecule has 0 aliphatic rings. The van der Waals surface area contributed by atoms with Crippen molar-refractivity contribution < 1.29 is 19.6 Å². The number of carboxylic acids is 1. The fourth-order valence-corrected chi connectivity index (χ4v) is 1.76. The number of rotatable bonds is 5. The average Bonchev–Trinajstić information content (AvgIpc) is 2.40. The van der Waals surface area contributed by atoms with Crippen molar-refractivity contribution in [2.24, 2.45) is 0 Å². The lowest BCUT2D eigenvalue weighted by atomic mass is 10.1. The van der Waals surface area contributed by atoms with Gasteiger partial charge in [-0.25, -0.2) is 4.98 Å². The van der Waals surface area contributed by atoms with Crippen LogP contribution in [0, 0.1) is 17.0 Å². The fraction of sp³-hybridized carbons (Fsp3) is 0.143. The minimum Gasteiger partial charge on any atom is -0.481 e. The van der Waals surface area contributed by atoms with E-state index in [-0.39, 0.29) is 18.0 Å². The Balaban J connectivity index is 2.22. The predicted molar refractivity (Wildman–Crippen MR) is 73.5 cm³/mol. The second kappa shape index (κ2) is 6.00. The zero-order chi connectivity index (χ0) is 15.4. The molecule has 0 radical (unpaired) electrons. The number of hydrogen-bond donors (Lipinski definition) is 1. The lowest BCUT2D eigenvalue weighted by Crippen LogP contribution is -2.00. The molecule has 21 heavy (non-hydrogen) atoms. The number of aryl methyl sites for hydroxylation is 1. The number of nitro groups is 1. The minimum absolute atomic E-state index is 0.107. The van der Waals surface area contributed by atoms with Crippen molar-refractivity contribution in [3.8, 4) is 11.6 Å². The normalized spacial score (nSPS) is 10.1. The van der Waals surface area contributed by atoms with E-state index >= 15 is 0 Å². The summed E-state index contributed by atoms with van der Waals surface area (Å²) in [6.07, 6.45) is 1.01. The van der Waals surface area contributed by atoms with Crippen molar-refractivity contribution in [3.63, 3.8) is 0 Å². The summed E-state index contributed by atoms with van der Waals surface area (Å²) in [6, 6.07) is 7.97. The largest absolute Gasteiger partial charge is 0.481 e. The zero-order valence-corrected chi connectivity index (χ0v) is 11.1. The van der Waals surface area contributed by atoms with Crippen molar-refractivity contribution in [1.29, 1.82) is 0 Å². The molecule has 0 saturated carbocycles. The molecular weight excluding hydrogens is 276 g/mol. The number of nitrogens with zero attached hydrogens (tertiary/aromatic N) is 2. The van der Waals surface area contributed by atoms with E-state index in [1.165, 1.54) is 6.07 Å². The third-order valence-corrected chi connectivity index (χ3v) is 2.69. The van der Waals surface area contributed by atoms with Gasteiger partial charge < -0.3 is 9.84 Å².